The molecule has 0 aliphatic carbocycles. The molecule has 0 N–H and O–H groups in total. The molecule has 0 aliphatic rings. The molecule has 0 fully saturated rings. The summed E-state index contributed by atoms with van der Waals surface area (Å²) < 4.78 is 15.0. The molecule has 0 spiro atoms. The Morgan fingerprint density at radius 1 is 1.04 bits per heavy atom. The largest absolute Gasteiger partial charge is 0.305 e. The van der Waals surface area contributed by atoms with E-state index in [4.69, 9.17) is 0 Å². The Labute approximate surface area is 139 Å². The molecule has 23 heavy (non-hydrogen) atoms. The summed E-state index contributed by atoms with van der Waals surface area (Å²) in [6.07, 6.45) is 0. The van der Waals surface area contributed by atoms with Crippen molar-refractivity contribution in [2.24, 2.45) is 7.05 Å². The van der Waals surface area contributed by atoms with Gasteiger partial charge in [-0.05, 0) is 37.1 Å². The Balaban J connectivity index is 1.85. The summed E-state index contributed by atoms with van der Waals surface area (Å²) in [7, 11) is 1.97. The van der Waals surface area contributed by atoms with Crippen molar-refractivity contribution in [1.29, 1.82) is 0 Å². The van der Waals surface area contributed by atoms with E-state index >= 15 is 0 Å². The lowest BCUT2D eigenvalue weighted by atomic mass is 10.1. The zero-order valence-corrected chi connectivity index (χ0v) is 14.1. The molecule has 0 bridgehead atoms. The zero-order valence-electron chi connectivity index (χ0n) is 13.3. The average molecular weight is 327 g/mol. The van der Waals surface area contributed by atoms with Crippen molar-refractivity contribution in [1.82, 2.24) is 14.8 Å². The first-order chi connectivity index (χ1) is 11.1. The summed E-state index contributed by atoms with van der Waals surface area (Å²) in [5.74, 6) is 0.642. The highest BCUT2D eigenvalue weighted by atomic mass is 32.2. The van der Waals surface area contributed by atoms with Gasteiger partial charge in [0.2, 0.25) is 0 Å². The molecule has 0 saturated carbocycles. The molecule has 3 rings (SSSR count). The topological polar surface area (TPSA) is 30.7 Å². The fourth-order valence-corrected chi connectivity index (χ4v) is 3.38. The van der Waals surface area contributed by atoms with Gasteiger partial charge < -0.3 is 4.57 Å². The Bertz CT molecular complexity index is 811. The first kappa shape index (κ1) is 15.7. The number of benzene rings is 2. The summed E-state index contributed by atoms with van der Waals surface area (Å²) in [5, 5.41) is 9.67. The van der Waals surface area contributed by atoms with Crippen LogP contribution in [0, 0.1) is 12.7 Å². The molecule has 3 nitrogen and oxygen atoms in total. The van der Waals surface area contributed by atoms with Crippen LogP contribution in [0.2, 0.25) is 0 Å². The number of thioether (sulfide) groups is 1. The predicted octanol–water partition coefficient (Wildman–Crippen LogP) is 4.78. The van der Waals surface area contributed by atoms with Gasteiger partial charge >= 0.3 is 0 Å². The van der Waals surface area contributed by atoms with Crippen LogP contribution in [0.15, 0.2) is 53.7 Å². The van der Waals surface area contributed by atoms with Gasteiger partial charge in [0.1, 0.15) is 5.82 Å². The lowest BCUT2D eigenvalue weighted by molar-refractivity contribution is 0.627. The van der Waals surface area contributed by atoms with Gasteiger partial charge in [0.05, 0.1) is 0 Å². The first-order valence-corrected chi connectivity index (χ1v) is 8.31. The van der Waals surface area contributed by atoms with Gasteiger partial charge in [-0.2, -0.15) is 0 Å². The van der Waals surface area contributed by atoms with Gasteiger partial charge in [0.25, 0.3) is 0 Å². The Morgan fingerprint density at radius 3 is 2.43 bits per heavy atom. The molecule has 2 aromatic carbocycles. The first-order valence-electron chi connectivity index (χ1n) is 7.44. The molecule has 0 aliphatic heterocycles. The van der Waals surface area contributed by atoms with Crippen LogP contribution >= 0.6 is 11.8 Å². The van der Waals surface area contributed by atoms with E-state index in [1.807, 2.05) is 35.9 Å². The van der Waals surface area contributed by atoms with Crippen LogP contribution in [0.1, 0.15) is 23.3 Å². The van der Waals surface area contributed by atoms with Crippen molar-refractivity contribution in [3.05, 3.63) is 65.5 Å². The van der Waals surface area contributed by atoms with Crippen molar-refractivity contribution >= 4 is 11.8 Å². The van der Waals surface area contributed by atoms with Gasteiger partial charge in [-0.1, -0.05) is 48.2 Å². The van der Waals surface area contributed by atoms with E-state index in [0.717, 1.165) is 22.1 Å². The summed E-state index contributed by atoms with van der Waals surface area (Å²) in [6.45, 7) is 4.15. The average Bonchev–Trinajstić information content (AvgIpc) is 2.89. The maximum atomic E-state index is 13.0. The number of halogens is 1. The monoisotopic (exact) mass is 327 g/mol. The van der Waals surface area contributed by atoms with E-state index in [1.54, 1.807) is 11.8 Å². The van der Waals surface area contributed by atoms with Crippen LogP contribution in [0.25, 0.3) is 11.4 Å². The van der Waals surface area contributed by atoms with Crippen molar-refractivity contribution in [3.63, 3.8) is 0 Å². The Kier molecular flexibility index (Phi) is 4.48. The molecular weight excluding hydrogens is 309 g/mol. The predicted molar refractivity (Wildman–Crippen MR) is 91.8 cm³/mol. The van der Waals surface area contributed by atoms with Crippen LogP contribution < -0.4 is 0 Å². The maximum absolute atomic E-state index is 13.0. The van der Waals surface area contributed by atoms with Crippen molar-refractivity contribution in [2.45, 2.75) is 24.3 Å². The van der Waals surface area contributed by atoms with Gasteiger partial charge in [-0.3, -0.25) is 0 Å². The minimum Gasteiger partial charge on any atom is -0.305 e. The third-order valence-electron chi connectivity index (χ3n) is 3.84. The van der Waals surface area contributed by atoms with E-state index in [-0.39, 0.29) is 11.1 Å². The fourth-order valence-electron chi connectivity index (χ4n) is 2.44. The second kappa shape index (κ2) is 6.54. The summed E-state index contributed by atoms with van der Waals surface area (Å²) in [6, 6.07) is 14.7. The van der Waals surface area contributed by atoms with Gasteiger partial charge in [0.15, 0.2) is 11.0 Å². The van der Waals surface area contributed by atoms with Crippen LogP contribution in [0.5, 0.6) is 0 Å². The Hall–Kier alpha value is -2.14. The SMILES string of the molecule is Cc1ccccc1-c1nnc(SC(C)c2ccc(F)cc2)n1C. The lowest BCUT2D eigenvalue weighted by Crippen LogP contribution is -1.98. The fraction of sp³-hybridized carbons (Fsp3) is 0.222. The number of aromatic nitrogens is 3. The highest BCUT2D eigenvalue weighted by molar-refractivity contribution is 7.99. The number of nitrogens with zero attached hydrogens (tertiary/aromatic N) is 3. The molecule has 1 aromatic heterocycles. The molecule has 118 valence electrons. The van der Waals surface area contributed by atoms with Gasteiger partial charge in [-0.15, -0.1) is 10.2 Å². The van der Waals surface area contributed by atoms with Crippen LogP contribution in [-0.2, 0) is 7.05 Å². The van der Waals surface area contributed by atoms with Crippen molar-refractivity contribution < 1.29 is 4.39 Å². The summed E-state index contributed by atoms with van der Waals surface area (Å²) in [5.41, 5.74) is 3.33. The number of hydrogen-bond donors (Lipinski definition) is 0. The second-order valence-corrected chi connectivity index (χ2v) is 6.80. The smallest absolute Gasteiger partial charge is 0.191 e. The van der Waals surface area contributed by atoms with Crippen LogP contribution in [-0.4, -0.2) is 14.8 Å². The zero-order chi connectivity index (χ0) is 16.4. The summed E-state index contributed by atoms with van der Waals surface area (Å²) >= 11 is 1.62. The number of hydrogen-bond acceptors (Lipinski definition) is 3. The van der Waals surface area contributed by atoms with Gasteiger partial charge in [0, 0.05) is 17.9 Å². The maximum Gasteiger partial charge on any atom is 0.191 e. The van der Waals surface area contributed by atoms with Crippen molar-refractivity contribution in [2.75, 3.05) is 0 Å². The van der Waals surface area contributed by atoms with E-state index in [1.165, 1.54) is 17.7 Å². The van der Waals surface area contributed by atoms with E-state index in [9.17, 15) is 4.39 Å². The minimum absolute atomic E-state index is 0.170. The van der Waals surface area contributed by atoms with Crippen molar-refractivity contribution in [3.8, 4) is 11.4 Å². The molecule has 1 atom stereocenters. The molecular formula is C18H18FN3S. The number of aryl methyl sites for hydroxylation is 1. The summed E-state index contributed by atoms with van der Waals surface area (Å²) in [4.78, 5) is 0. The van der Waals surface area contributed by atoms with E-state index in [2.05, 4.69) is 36.2 Å². The van der Waals surface area contributed by atoms with Crippen LogP contribution in [0.3, 0.4) is 0 Å². The van der Waals surface area contributed by atoms with E-state index in [0.29, 0.717) is 0 Å². The normalized spacial score (nSPS) is 12.3. The minimum atomic E-state index is -0.216. The Morgan fingerprint density at radius 2 is 1.74 bits per heavy atom. The third kappa shape index (κ3) is 3.29. The quantitative estimate of drug-likeness (QED) is 0.646. The molecule has 0 radical (unpaired) electrons. The second-order valence-electron chi connectivity index (χ2n) is 5.49. The number of rotatable bonds is 4. The molecule has 5 heteroatoms. The van der Waals surface area contributed by atoms with Gasteiger partial charge in [-0.25, -0.2) is 4.39 Å². The highest BCUT2D eigenvalue weighted by Crippen LogP contribution is 2.35. The molecule has 0 amide bonds. The van der Waals surface area contributed by atoms with E-state index < -0.39 is 0 Å². The molecule has 3 aromatic rings. The highest BCUT2D eigenvalue weighted by Gasteiger charge is 2.16. The molecule has 0 saturated heterocycles. The standard InChI is InChI=1S/C18H18FN3S/c1-12-6-4-5-7-16(12)17-20-21-18(22(17)3)23-13(2)14-8-10-15(19)11-9-14/h4-11,13H,1-3H3. The molecule has 1 unspecified atom stereocenters. The third-order valence-corrected chi connectivity index (χ3v) is 5.03. The lowest BCUT2D eigenvalue weighted by Gasteiger charge is -2.11. The molecule has 1 heterocycles. The van der Waals surface area contributed by atoms with Crippen LogP contribution in [0.4, 0.5) is 4.39 Å².